The number of hydrogen-bond donors (Lipinski definition) is 2. The van der Waals surface area contributed by atoms with E-state index in [-0.39, 0.29) is 17.5 Å². The van der Waals surface area contributed by atoms with E-state index >= 15 is 0 Å². The molecule has 0 fully saturated rings. The molecule has 1 aliphatic rings. The van der Waals surface area contributed by atoms with E-state index in [0.29, 0.717) is 12.1 Å². The Labute approximate surface area is 141 Å². The van der Waals surface area contributed by atoms with Crippen LogP contribution in [0.1, 0.15) is 29.9 Å². The molecule has 2 aromatic rings. The highest BCUT2D eigenvalue weighted by atomic mass is 16.5. The van der Waals surface area contributed by atoms with Gasteiger partial charge in [-0.3, -0.25) is 4.79 Å². The van der Waals surface area contributed by atoms with E-state index < -0.39 is 0 Å². The summed E-state index contributed by atoms with van der Waals surface area (Å²) in [6.45, 7) is 1.96. The fourth-order valence-corrected chi connectivity index (χ4v) is 3.01. The van der Waals surface area contributed by atoms with Crippen LogP contribution in [0.4, 0.5) is 5.69 Å². The highest BCUT2D eigenvalue weighted by molar-refractivity contribution is 5.92. The van der Waals surface area contributed by atoms with E-state index in [1.165, 1.54) is 0 Å². The number of carbonyl (C=O) groups excluding carboxylic acids is 1. The average molecular weight is 323 g/mol. The first-order valence-electron chi connectivity index (χ1n) is 7.99. The first-order valence-corrected chi connectivity index (χ1v) is 7.99. The summed E-state index contributed by atoms with van der Waals surface area (Å²) in [6.07, 6.45) is 2.87. The lowest BCUT2D eigenvalue weighted by molar-refractivity contribution is -0.115. The Balaban J connectivity index is 1.79. The third-order valence-corrected chi connectivity index (χ3v) is 4.28. The number of anilines is 1. The van der Waals surface area contributed by atoms with Crippen LogP contribution in [-0.2, 0) is 4.79 Å². The van der Waals surface area contributed by atoms with Gasteiger partial charge in [-0.25, -0.2) is 0 Å². The second-order valence-corrected chi connectivity index (χ2v) is 6.16. The minimum atomic E-state index is 0.0942. The Hall–Kier alpha value is -2.75. The van der Waals surface area contributed by atoms with Crippen LogP contribution in [0.2, 0.25) is 0 Å². The average Bonchev–Trinajstić information content (AvgIpc) is 2.58. The van der Waals surface area contributed by atoms with Gasteiger partial charge in [-0.1, -0.05) is 18.2 Å². The number of carbonyl (C=O) groups is 1. The summed E-state index contributed by atoms with van der Waals surface area (Å²) >= 11 is 0. The fourth-order valence-electron chi connectivity index (χ4n) is 3.01. The predicted molar refractivity (Wildman–Crippen MR) is 94.5 cm³/mol. The molecular weight excluding hydrogens is 302 g/mol. The molecule has 0 aliphatic heterocycles. The zero-order valence-corrected chi connectivity index (χ0v) is 13.9. The minimum absolute atomic E-state index is 0.0942. The summed E-state index contributed by atoms with van der Waals surface area (Å²) in [6, 6.07) is 13.2. The van der Waals surface area contributed by atoms with E-state index in [1.807, 2.05) is 43.3 Å². The van der Waals surface area contributed by atoms with Crippen molar-refractivity contribution in [3.05, 3.63) is 65.4 Å². The first-order chi connectivity index (χ1) is 11.5. The Bertz CT molecular complexity index is 778. The van der Waals surface area contributed by atoms with Crippen molar-refractivity contribution in [1.82, 2.24) is 0 Å². The fraction of sp³-hybridized carbons (Fsp3) is 0.250. The van der Waals surface area contributed by atoms with Crippen molar-refractivity contribution >= 4 is 11.5 Å². The van der Waals surface area contributed by atoms with Crippen LogP contribution < -0.4 is 10.1 Å². The SMILES string of the molecule is COc1ccc(C2CC(=O)C=C(Nc3cc(C)ccc3O)C2)cc1. The highest BCUT2D eigenvalue weighted by Gasteiger charge is 2.22. The summed E-state index contributed by atoms with van der Waals surface area (Å²) in [7, 11) is 1.64. The molecule has 0 aromatic heterocycles. The molecule has 124 valence electrons. The number of aryl methyl sites for hydroxylation is 1. The molecular formula is C20H21NO3. The molecule has 2 aromatic carbocycles. The van der Waals surface area contributed by atoms with E-state index in [2.05, 4.69) is 5.32 Å². The van der Waals surface area contributed by atoms with Crippen LogP contribution in [0.25, 0.3) is 0 Å². The third-order valence-electron chi connectivity index (χ3n) is 4.28. The van der Waals surface area contributed by atoms with Gasteiger partial charge in [-0.05, 0) is 54.7 Å². The molecule has 4 nitrogen and oxygen atoms in total. The minimum Gasteiger partial charge on any atom is -0.506 e. The van der Waals surface area contributed by atoms with Crippen molar-refractivity contribution in [2.75, 3.05) is 12.4 Å². The molecule has 0 saturated heterocycles. The van der Waals surface area contributed by atoms with E-state index in [0.717, 1.165) is 29.0 Å². The van der Waals surface area contributed by atoms with Crippen LogP contribution >= 0.6 is 0 Å². The van der Waals surface area contributed by atoms with Gasteiger partial charge in [-0.2, -0.15) is 0 Å². The quantitative estimate of drug-likeness (QED) is 0.830. The Morgan fingerprint density at radius 3 is 2.58 bits per heavy atom. The maximum atomic E-state index is 12.1. The Morgan fingerprint density at radius 1 is 1.12 bits per heavy atom. The number of phenolic OH excluding ortho intramolecular Hbond substituents is 1. The smallest absolute Gasteiger partial charge is 0.158 e. The Morgan fingerprint density at radius 2 is 1.88 bits per heavy atom. The number of rotatable bonds is 4. The van der Waals surface area contributed by atoms with Crippen molar-refractivity contribution in [3.63, 3.8) is 0 Å². The zero-order chi connectivity index (χ0) is 17.1. The van der Waals surface area contributed by atoms with E-state index in [9.17, 15) is 9.90 Å². The molecule has 0 bridgehead atoms. The van der Waals surface area contributed by atoms with Gasteiger partial charge in [0.25, 0.3) is 0 Å². The van der Waals surface area contributed by atoms with Gasteiger partial charge in [0.05, 0.1) is 12.8 Å². The molecule has 3 rings (SSSR count). The lowest BCUT2D eigenvalue weighted by Gasteiger charge is -2.24. The van der Waals surface area contributed by atoms with Crippen molar-refractivity contribution in [1.29, 1.82) is 0 Å². The number of hydrogen-bond acceptors (Lipinski definition) is 4. The molecule has 0 amide bonds. The van der Waals surface area contributed by atoms with Crippen molar-refractivity contribution in [2.24, 2.45) is 0 Å². The topological polar surface area (TPSA) is 58.6 Å². The van der Waals surface area contributed by atoms with Gasteiger partial charge in [0.15, 0.2) is 5.78 Å². The number of phenols is 1. The monoisotopic (exact) mass is 323 g/mol. The highest BCUT2D eigenvalue weighted by Crippen LogP contribution is 2.34. The van der Waals surface area contributed by atoms with Gasteiger partial charge in [-0.15, -0.1) is 0 Å². The van der Waals surface area contributed by atoms with Crippen LogP contribution in [0.15, 0.2) is 54.2 Å². The molecule has 0 heterocycles. The predicted octanol–water partition coefficient (Wildman–Crippen LogP) is 4.15. The van der Waals surface area contributed by atoms with Gasteiger partial charge < -0.3 is 15.2 Å². The standard InChI is InChI=1S/C20H21NO3/c1-13-3-8-20(23)19(9-13)21-16-10-15(11-17(22)12-16)14-4-6-18(24-2)7-5-14/h3-9,12,15,21,23H,10-11H2,1-2H3. The number of allylic oxidation sites excluding steroid dienone is 2. The van der Waals surface area contributed by atoms with Gasteiger partial charge >= 0.3 is 0 Å². The van der Waals surface area contributed by atoms with Crippen LogP contribution in [-0.4, -0.2) is 18.0 Å². The summed E-state index contributed by atoms with van der Waals surface area (Å²) in [5.74, 6) is 1.21. The lowest BCUT2D eigenvalue weighted by atomic mass is 9.85. The Kier molecular flexibility index (Phi) is 4.56. The number of ether oxygens (including phenoxy) is 1. The summed E-state index contributed by atoms with van der Waals surface area (Å²) in [5.41, 5.74) is 3.62. The van der Waals surface area contributed by atoms with Crippen molar-refractivity contribution in [3.8, 4) is 11.5 Å². The maximum Gasteiger partial charge on any atom is 0.158 e. The normalized spacial score (nSPS) is 17.3. The molecule has 24 heavy (non-hydrogen) atoms. The van der Waals surface area contributed by atoms with Crippen LogP contribution in [0.5, 0.6) is 11.5 Å². The van der Waals surface area contributed by atoms with Crippen LogP contribution in [0, 0.1) is 6.92 Å². The molecule has 0 saturated carbocycles. The molecule has 1 atom stereocenters. The number of aromatic hydroxyl groups is 1. The number of benzene rings is 2. The van der Waals surface area contributed by atoms with E-state index in [1.54, 1.807) is 19.3 Å². The molecule has 1 aliphatic carbocycles. The molecule has 0 spiro atoms. The number of ketones is 1. The molecule has 2 N–H and O–H groups in total. The summed E-state index contributed by atoms with van der Waals surface area (Å²) in [5, 5.41) is 13.2. The van der Waals surface area contributed by atoms with Crippen molar-refractivity contribution in [2.45, 2.75) is 25.7 Å². The van der Waals surface area contributed by atoms with Gasteiger partial charge in [0.2, 0.25) is 0 Å². The largest absolute Gasteiger partial charge is 0.506 e. The number of methoxy groups -OCH3 is 1. The molecule has 1 unspecified atom stereocenters. The second kappa shape index (κ2) is 6.79. The lowest BCUT2D eigenvalue weighted by Crippen LogP contribution is -2.16. The van der Waals surface area contributed by atoms with Crippen molar-refractivity contribution < 1.29 is 14.6 Å². The molecule has 4 heteroatoms. The number of nitrogens with one attached hydrogen (secondary N) is 1. The second-order valence-electron chi connectivity index (χ2n) is 6.16. The van der Waals surface area contributed by atoms with E-state index in [4.69, 9.17) is 4.74 Å². The van der Waals surface area contributed by atoms with Crippen LogP contribution in [0.3, 0.4) is 0 Å². The summed E-state index contributed by atoms with van der Waals surface area (Å²) in [4.78, 5) is 12.1. The zero-order valence-electron chi connectivity index (χ0n) is 13.9. The maximum absolute atomic E-state index is 12.1. The van der Waals surface area contributed by atoms with Gasteiger partial charge in [0, 0.05) is 18.2 Å². The first kappa shape index (κ1) is 16.1. The summed E-state index contributed by atoms with van der Waals surface area (Å²) < 4.78 is 5.18. The third kappa shape index (κ3) is 3.59. The van der Waals surface area contributed by atoms with Gasteiger partial charge in [0.1, 0.15) is 11.5 Å². The molecule has 0 radical (unpaired) electrons.